The molecule has 25 heavy (non-hydrogen) atoms. The maximum atomic E-state index is 12.3. The summed E-state index contributed by atoms with van der Waals surface area (Å²) in [5, 5.41) is 12.9. The zero-order valence-corrected chi connectivity index (χ0v) is 14.4. The predicted molar refractivity (Wildman–Crippen MR) is 95.8 cm³/mol. The van der Waals surface area contributed by atoms with Gasteiger partial charge in [-0.2, -0.15) is 0 Å². The normalized spacial score (nSPS) is 21.0. The molecule has 1 aromatic heterocycles. The van der Waals surface area contributed by atoms with Gasteiger partial charge in [-0.05, 0) is 19.5 Å². The number of carbonyl (C=O) groups is 1. The van der Waals surface area contributed by atoms with Gasteiger partial charge in [0.2, 0.25) is 5.91 Å². The van der Waals surface area contributed by atoms with Crippen LogP contribution in [0, 0.1) is 5.92 Å². The summed E-state index contributed by atoms with van der Waals surface area (Å²) < 4.78 is 0. The van der Waals surface area contributed by atoms with Crippen molar-refractivity contribution >= 4 is 5.91 Å². The minimum atomic E-state index is -0.561. The van der Waals surface area contributed by atoms with E-state index < -0.39 is 6.10 Å². The lowest BCUT2D eigenvalue weighted by atomic mass is 9.94. The van der Waals surface area contributed by atoms with Crippen molar-refractivity contribution in [2.75, 3.05) is 26.7 Å². The molecule has 0 bridgehead atoms. The van der Waals surface area contributed by atoms with Crippen molar-refractivity contribution in [1.82, 2.24) is 20.2 Å². The molecule has 2 N–H and O–H groups in total. The molecule has 2 heterocycles. The number of amides is 1. The number of nitrogens with one attached hydrogen (secondary N) is 1. The van der Waals surface area contributed by atoms with E-state index in [4.69, 9.17) is 0 Å². The van der Waals surface area contributed by atoms with Crippen molar-refractivity contribution in [3.05, 3.63) is 48.4 Å². The SMILES string of the molecule is CN1CC[C@H](O)[C@H](C(=O)NCCc2nccc(-c3ccccc3)n2)C1. The first-order valence-corrected chi connectivity index (χ1v) is 8.65. The fraction of sp³-hybridized carbons (Fsp3) is 0.421. The van der Waals surface area contributed by atoms with Gasteiger partial charge in [0.25, 0.3) is 0 Å². The van der Waals surface area contributed by atoms with Crippen LogP contribution >= 0.6 is 0 Å². The third kappa shape index (κ3) is 4.61. The number of aliphatic hydroxyl groups excluding tert-OH is 1. The fourth-order valence-electron chi connectivity index (χ4n) is 3.08. The number of carbonyl (C=O) groups excluding carboxylic acids is 1. The molecular formula is C19H24N4O2. The summed E-state index contributed by atoms with van der Waals surface area (Å²) in [4.78, 5) is 23.2. The molecule has 1 amide bonds. The van der Waals surface area contributed by atoms with Crippen molar-refractivity contribution in [2.24, 2.45) is 5.92 Å². The summed E-state index contributed by atoms with van der Waals surface area (Å²) in [7, 11) is 1.97. The number of benzene rings is 1. The summed E-state index contributed by atoms with van der Waals surface area (Å²) >= 11 is 0. The van der Waals surface area contributed by atoms with E-state index in [1.165, 1.54) is 0 Å². The van der Waals surface area contributed by atoms with Gasteiger partial charge in [0.1, 0.15) is 5.82 Å². The van der Waals surface area contributed by atoms with Crippen LogP contribution in [-0.4, -0.2) is 58.7 Å². The van der Waals surface area contributed by atoms with Crippen molar-refractivity contribution in [1.29, 1.82) is 0 Å². The highest BCUT2D eigenvalue weighted by Gasteiger charge is 2.31. The standard InChI is InChI=1S/C19H24N4O2/c1-23-12-9-17(24)15(13-23)19(25)21-11-8-18-20-10-7-16(22-18)14-5-3-2-4-6-14/h2-7,10,15,17,24H,8-9,11-13H2,1H3,(H,21,25)/t15-,17+/m1/s1. The minimum Gasteiger partial charge on any atom is -0.392 e. The molecule has 0 unspecified atom stereocenters. The van der Waals surface area contributed by atoms with Crippen molar-refractivity contribution in [3.8, 4) is 11.3 Å². The molecule has 0 spiro atoms. The van der Waals surface area contributed by atoms with Crippen LogP contribution in [0.15, 0.2) is 42.6 Å². The zero-order chi connectivity index (χ0) is 17.6. The molecule has 2 aromatic rings. The number of piperidine rings is 1. The molecule has 1 aromatic carbocycles. The highest BCUT2D eigenvalue weighted by atomic mass is 16.3. The Morgan fingerprint density at radius 2 is 2.12 bits per heavy atom. The number of likely N-dealkylation sites (tertiary alicyclic amines) is 1. The lowest BCUT2D eigenvalue weighted by molar-refractivity contribution is -0.131. The van der Waals surface area contributed by atoms with Crippen molar-refractivity contribution < 1.29 is 9.90 Å². The van der Waals surface area contributed by atoms with Gasteiger partial charge in [-0.25, -0.2) is 9.97 Å². The largest absolute Gasteiger partial charge is 0.392 e. The highest BCUT2D eigenvalue weighted by molar-refractivity contribution is 5.79. The van der Waals surface area contributed by atoms with Gasteiger partial charge >= 0.3 is 0 Å². The van der Waals surface area contributed by atoms with E-state index in [0.29, 0.717) is 31.8 Å². The van der Waals surface area contributed by atoms with E-state index in [1.807, 2.05) is 43.4 Å². The number of nitrogens with zero attached hydrogens (tertiary/aromatic N) is 3. The maximum Gasteiger partial charge on any atom is 0.227 e. The van der Waals surface area contributed by atoms with E-state index >= 15 is 0 Å². The van der Waals surface area contributed by atoms with Crippen LogP contribution < -0.4 is 5.32 Å². The first kappa shape index (κ1) is 17.5. The number of hydrogen-bond acceptors (Lipinski definition) is 5. The Labute approximate surface area is 147 Å². The minimum absolute atomic E-state index is 0.0988. The molecule has 2 atom stereocenters. The first-order valence-electron chi connectivity index (χ1n) is 8.65. The van der Waals surface area contributed by atoms with Crippen LogP contribution in [0.4, 0.5) is 0 Å². The van der Waals surface area contributed by atoms with Gasteiger partial charge in [-0.1, -0.05) is 30.3 Å². The van der Waals surface area contributed by atoms with Crippen LogP contribution in [-0.2, 0) is 11.2 Å². The summed E-state index contributed by atoms with van der Waals surface area (Å²) in [6, 6.07) is 11.8. The van der Waals surface area contributed by atoms with Crippen molar-refractivity contribution in [2.45, 2.75) is 18.9 Å². The Kier molecular flexibility index (Phi) is 5.73. The van der Waals surface area contributed by atoms with Gasteiger partial charge in [-0.3, -0.25) is 4.79 Å². The Balaban J connectivity index is 1.54. The van der Waals surface area contributed by atoms with E-state index in [9.17, 15) is 9.90 Å². The molecule has 6 heteroatoms. The van der Waals surface area contributed by atoms with Crippen LogP contribution in [0.1, 0.15) is 12.2 Å². The fourth-order valence-corrected chi connectivity index (χ4v) is 3.08. The zero-order valence-electron chi connectivity index (χ0n) is 14.4. The molecule has 0 aliphatic carbocycles. The van der Waals surface area contributed by atoms with Gasteiger partial charge in [0, 0.05) is 37.8 Å². The van der Waals surface area contributed by atoms with E-state index in [-0.39, 0.29) is 11.8 Å². The number of aliphatic hydroxyl groups is 1. The van der Waals surface area contributed by atoms with Crippen molar-refractivity contribution in [3.63, 3.8) is 0 Å². The number of aromatic nitrogens is 2. The molecule has 3 rings (SSSR count). The third-order valence-electron chi connectivity index (χ3n) is 4.54. The predicted octanol–water partition coefficient (Wildman–Crippen LogP) is 1.11. The second-order valence-electron chi connectivity index (χ2n) is 6.49. The average Bonchev–Trinajstić information content (AvgIpc) is 2.64. The number of rotatable bonds is 5. The van der Waals surface area contributed by atoms with Crippen LogP contribution in [0.25, 0.3) is 11.3 Å². The Bertz CT molecular complexity index is 708. The molecule has 6 nitrogen and oxygen atoms in total. The van der Waals surface area contributed by atoms with Gasteiger partial charge in [0.05, 0.1) is 17.7 Å². The van der Waals surface area contributed by atoms with Crippen LogP contribution in [0.3, 0.4) is 0 Å². The van der Waals surface area contributed by atoms with E-state index in [2.05, 4.69) is 20.2 Å². The van der Waals surface area contributed by atoms with Gasteiger partial charge < -0.3 is 15.3 Å². The van der Waals surface area contributed by atoms with Gasteiger partial charge in [0.15, 0.2) is 0 Å². The second kappa shape index (κ2) is 8.18. The lowest BCUT2D eigenvalue weighted by Crippen LogP contribution is -2.49. The summed E-state index contributed by atoms with van der Waals surface area (Å²) in [5.74, 6) is 0.233. The number of hydrogen-bond donors (Lipinski definition) is 2. The smallest absolute Gasteiger partial charge is 0.227 e. The average molecular weight is 340 g/mol. The maximum absolute atomic E-state index is 12.3. The monoisotopic (exact) mass is 340 g/mol. The lowest BCUT2D eigenvalue weighted by Gasteiger charge is -2.32. The third-order valence-corrected chi connectivity index (χ3v) is 4.54. The summed E-state index contributed by atoms with van der Waals surface area (Å²) in [6.07, 6.45) is 2.38. The molecular weight excluding hydrogens is 316 g/mol. The second-order valence-corrected chi connectivity index (χ2v) is 6.49. The van der Waals surface area contributed by atoms with E-state index in [1.54, 1.807) is 6.20 Å². The van der Waals surface area contributed by atoms with Gasteiger partial charge in [-0.15, -0.1) is 0 Å². The first-order chi connectivity index (χ1) is 12.1. The summed E-state index contributed by atoms with van der Waals surface area (Å²) in [6.45, 7) is 1.88. The summed E-state index contributed by atoms with van der Waals surface area (Å²) in [5.41, 5.74) is 1.92. The Morgan fingerprint density at radius 3 is 2.92 bits per heavy atom. The topological polar surface area (TPSA) is 78.4 Å². The quantitative estimate of drug-likeness (QED) is 0.853. The highest BCUT2D eigenvalue weighted by Crippen LogP contribution is 2.17. The molecule has 1 saturated heterocycles. The van der Waals surface area contributed by atoms with Crippen LogP contribution in [0.5, 0.6) is 0 Å². The van der Waals surface area contributed by atoms with E-state index in [0.717, 1.165) is 17.8 Å². The molecule has 1 fully saturated rings. The molecule has 1 aliphatic rings. The Hall–Kier alpha value is -2.31. The van der Waals surface area contributed by atoms with Crippen LogP contribution in [0.2, 0.25) is 0 Å². The molecule has 0 saturated carbocycles. The molecule has 132 valence electrons. The molecule has 1 aliphatic heterocycles. The molecule has 0 radical (unpaired) electrons. The Morgan fingerprint density at radius 1 is 1.32 bits per heavy atom.